The van der Waals surface area contributed by atoms with Crippen LogP contribution in [0.3, 0.4) is 0 Å². The van der Waals surface area contributed by atoms with Gasteiger partial charge in [-0.25, -0.2) is 13.1 Å². The second-order valence-corrected chi connectivity index (χ2v) is 7.64. The molecule has 0 fully saturated rings. The highest BCUT2D eigenvalue weighted by atomic mass is 32.2. The molecule has 1 heterocycles. The van der Waals surface area contributed by atoms with Gasteiger partial charge >= 0.3 is 0 Å². The number of rotatable bonds is 7. The van der Waals surface area contributed by atoms with E-state index in [4.69, 9.17) is 0 Å². The molecular formula is C12H22N2O2S2. The SMILES string of the molecule is CNCc1cc(S(=O)(=O)NC(C)CC(C)C)cs1. The van der Waals surface area contributed by atoms with Crippen LogP contribution >= 0.6 is 11.3 Å². The second kappa shape index (κ2) is 6.65. The molecule has 1 aromatic heterocycles. The lowest BCUT2D eigenvalue weighted by Crippen LogP contribution is -2.33. The molecule has 1 atom stereocenters. The van der Waals surface area contributed by atoms with Crippen LogP contribution in [0.2, 0.25) is 0 Å². The van der Waals surface area contributed by atoms with Crippen LogP contribution in [0.5, 0.6) is 0 Å². The number of hydrogen-bond donors (Lipinski definition) is 2. The van der Waals surface area contributed by atoms with Gasteiger partial charge in [0, 0.05) is 22.8 Å². The van der Waals surface area contributed by atoms with Crippen molar-refractivity contribution < 1.29 is 8.42 Å². The quantitative estimate of drug-likeness (QED) is 0.809. The molecule has 0 aliphatic rings. The molecule has 104 valence electrons. The smallest absolute Gasteiger partial charge is 0.241 e. The molecular weight excluding hydrogens is 268 g/mol. The van der Waals surface area contributed by atoms with E-state index in [-0.39, 0.29) is 6.04 Å². The van der Waals surface area contributed by atoms with E-state index in [0.717, 1.165) is 11.3 Å². The van der Waals surface area contributed by atoms with Crippen molar-refractivity contribution >= 4 is 21.4 Å². The maximum absolute atomic E-state index is 12.1. The lowest BCUT2D eigenvalue weighted by molar-refractivity contribution is 0.482. The van der Waals surface area contributed by atoms with E-state index in [0.29, 0.717) is 17.4 Å². The average molecular weight is 290 g/mol. The highest BCUT2D eigenvalue weighted by molar-refractivity contribution is 7.89. The van der Waals surface area contributed by atoms with E-state index in [1.54, 1.807) is 11.4 Å². The van der Waals surface area contributed by atoms with Crippen molar-refractivity contribution in [1.82, 2.24) is 10.0 Å². The van der Waals surface area contributed by atoms with Crippen molar-refractivity contribution in [3.63, 3.8) is 0 Å². The van der Waals surface area contributed by atoms with Crippen molar-refractivity contribution in [2.75, 3.05) is 7.05 Å². The molecule has 6 heteroatoms. The molecule has 1 rings (SSSR count). The van der Waals surface area contributed by atoms with E-state index >= 15 is 0 Å². The van der Waals surface area contributed by atoms with Crippen LogP contribution in [-0.4, -0.2) is 21.5 Å². The second-order valence-electron chi connectivity index (χ2n) is 4.93. The van der Waals surface area contributed by atoms with Crippen molar-refractivity contribution in [3.05, 3.63) is 16.3 Å². The van der Waals surface area contributed by atoms with Gasteiger partial charge in [0.15, 0.2) is 0 Å². The summed E-state index contributed by atoms with van der Waals surface area (Å²) in [5, 5.41) is 4.70. The number of sulfonamides is 1. The van der Waals surface area contributed by atoms with E-state index in [1.165, 1.54) is 11.3 Å². The van der Waals surface area contributed by atoms with Crippen LogP contribution < -0.4 is 10.0 Å². The topological polar surface area (TPSA) is 58.2 Å². The fourth-order valence-corrected chi connectivity index (χ4v) is 4.40. The maximum Gasteiger partial charge on any atom is 0.241 e. The predicted molar refractivity (Wildman–Crippen MR) is 76.3 cm³/mol. The van der Waals surface area contributed by atoms with E-state index < -0.39 is 10.0 Å². The molecule has 0 aliphatic heterocycles. The van der Waals surface area contributed by atoms with Crippen LogP contribution in [0, 0.1) is 5.92 Å². The third-order valence-corrected chi connectivity index (χ3v) is 5.13. The molecule has 18 heavy (non-hydrogen) atoms. The van der Waals surface area contributed by atoms with Gasteiger partial charge in [0.25, 0.3) is 0 Å². The van der Waals surface area contributed by atoms with E-state index in [1.807, 2.05) is 14.0 Å². The zero-order valence-corrected chi connectivity index (χ0v) is 13.0. The molecule has 0 amide bonds. The van der Waals surface area contributed by atoms with Gasteiger partial charge < -0.3 is 5.32 Å². The van der Waals surface area contributed by atoms with E-state index in [2.05, 4.69) is 23.9 Å². The average Bonchev–Trinajstić information content (AvgIpc) is 2.65. The molecule has 0 aliphatic carbocycles. The summed E-state index contributed by atoms with van der Waals surface area (Å²) in [6.45, 7) is 6.76. The lowest BCUT2D eigenvalue weighted by Gasteiger charge is -2.15. The molecule has 0 aromatic carbocycles. The Morgan fingerprint density at radius 1 is 1.33 bits per heavy atom. The molecule has 0 saturated heterocycles. The molecule has 2 N–H and O–H groups in total. The molecule has 4 nitrogen and oxygen atoms in total. The third-order valence-electron chi connectivity index (χ3n) is 2.47. The highest BCUT2D eigenvalue weighted by Crippen LogP contribution is 2.19. The predicted octanol–water partition coefficient (Wildman–Crippen LogP) is 2.18. The molecule has 1 aromatic rings. The first-order valence-electron chi connectivity index (χ1n) is 6.09. The Hall–Kier alpha value is -0.430. The summed E-state index contributed by atoms with van der Waals surface area (Å²) in [4.78, 5) is 1.39. The van der Waals surface area contributed by atoms with Crippen LogP contribution in [0.4, 0.5) is 0 Å². The van der Waals surface area contributed by atoms with Crippen LogP contribution in [-0.2, 0) is 16.6 Å². The summed E-state index contributed by atoms with van der Waals surface area (Å²) < 4.78 is 27.0. The Bertz CT molecular complexity index is 466. The summed E-state index contributed by atoms with van der Waals surface area (Å²) in [7, 11) is -1.53. The van der Waals surface area contributed by atoms with Gasteiger partial charge in [-0.15, -0.1) is 11.3 Å². The summed E-state index contributed by atoms with van der Waals surface area (Å²) in [6, 6.07) is 1.69. The maximum atomic E-state index is 12.1. The van der Waals surface area contributed by atoms with Gasteiger partial charge in [0.1, 0.15) is 0 Å². The number of thiophene rings is 1. The largest absolute Gasteiger partial charge is 0.315 e. The normalized spacial score (nSPS) is 14.1. The van der Waals surface area contributed by atoms with Gasteiger partial charge in [-0.05, 0) is 32.4 Å². The summed E-state index contributed by atoms with van der Waals surface area (Å²) in [5.74, 6) is 0.477. The Balaban J connectivity index is 2.73. The van der Waals surface area contributed by atoms with E-state index in [9.17, 15) is 8.42 Å². The summed E-state index contributed by atoms with van der Waals surface area (Å²) in [5.41, 5.74) is 0. The van der Waals surface area contributed by atoms with Gasteiger partial charge in [-0.1, -0.05) is 13.8 Å². The van der Waals surface area contributed by atoms with Crippen molar-refractivity contribution in [1.29, 1.82) is 0 Å². The fourth-order valence-electron chi connectivity index (χ4n) is 1.86. The molecule has 0 saturated carbocycles. The summed E-state index contributed by atoms with van der Waals surface area (Å²) >= 11 is 1.46. The van der Waals surface area contributed by atoms with Crippen LogP contribution in [0.15, 0.2) is 16.3 Å². The zero-order valence-electron chi connectivity index (χ0n) is 11.4. The minimum absolute atomic E-state index is 0.0392. The van der Waals surface area contributed by atoms with Crippen molar-refractivity contribution in [2.45, 2.75) is 44.7 Å². The Morgan fingerprint density at radius 3 is 2.56 bits per heavy atom. The summed E-state index contributed by atoms with van der Waals surface area (Å²) in [6.07, 6.45) is 0.840. The standard InChI is InChI=1S/C12H22N2O2S2/c1-9(2)5-10(3)14-18(15,16)12-6-11(7-13-4)17-8-12/h6,8-10,13-14H,5,7H2,1-4H3. The third kappa shape index (κ3) is 4.68. The van der Waals surface area contributed by atoms with Crippen LogP contribution in [0.1, 0.15) is 32.1 Å². The zero-order chi connectivity index (χ0) is 13.8. The number of nitrogens with one attached hydrogen (secondary N) is 2. The van der Waals surface area contributed by atoms with Crippen LogP contribution in [0.25, 0.3) is 0 Å². The minimum atomic E-state index is -3.37. The first kappa shape index (κ1) is 15.6. The van der Waals surface area contributed by atoms with Gasteiger partial charge in [0.2, 0.25) is 10.0 Å². The fraction of sp³-hybridized carbons (Fsp3) is 0.667. The van der Waals surface area contributed by atoms with Gasteiger partial charge in [0.05, 0.1) is 4.90 Å². The van der Waals surface area contributed by atoms with Gasteiger partial charge in [-0.3, -0.25) is 0 Å². The van der Waals surface area contributed by atoms with Crippen molar-refractivity contribution in [2.24, 2.45) is 5.92 Å². The number of hydrogen-bond acceptors (Lipinski definition) is 4. The Kier molecular flexibility index (Phi) is 5.78. The minimum Gasteiger partial charge on any atom is -0.315 e. The molecule has 0 radical (unpaired) electrons. The first-order chi connectivity index (χ1) is 8.35. The molecule has 0 bridgehead atoms. The molecule has 1 unspecified atom stereocenters. The molecule has 0 spiro atoms. The van der Waals surface area contributed by atoms with Crippen molar-refractivity contribution in [3.8, 4) is 0 Å². The highest BCUT2D eigenvalue weighted by Gasteiger charge is 2.19. The monoisotopic (exact) mass is 290 g/mol. The Labute approximate surface area is 114 Å². The first-order valence-corrected chi connectivity index (χ1v) is 8.45. The van der Waals surface area contributed by atoms with Gasteiger partial charge in [-0.2, -0.15) is 0 Å². The Morgan fingerprint density at radius 2 is 2.00 bits per heavy atom. The lowest BCUT2D eigenvalue weighted by atomic mass is 10.1.